The van der Waals surface area contributed by atoms with Crippen LogP contribution >= 0.6 is 11.3 Å². The molecule has 1 fully saturated rings. The van der Waals surface area contributed by atoms with Crippen molar-refractivity contribution in [1.82, 2.24) is 10.0 Å². The Balaban J connectivity index is 1.05. The van der Waals surface area contributed by atoms with Crippen LogP contribution in [0.2, 0.25) is 0 Å². The molecule has 0 radical (unpaired) electrons. The molecule has 5 heterocycles. The number of benzene rings is 5. The van der Waals surface area contributed by atoms with Crippen molar-refractivity contribution < 1.29 is 4.42 Å². The predicted octanol–water partition coefficient (Wildman–Crippen LogP) is 10.4. The highest BCUT2D eigenvalue weighted by atomic mass is 32.1. The van der Waals surface area contributed by atoms with Crippen LogP contribution in [0.4, 0.5) is 5.69 Å². The zero-order chi connectivity index (χ0) is 30.4. The van der Waals surface area contributed by atoms with E-state index in [-0.39, 0.29) is 18.4 Å². The second-order valence-corrected chi connectivity index (χ2v) is 14.2. The smallest absolute Gasteiger partial charge is 0.193 e. The van der Waals surface area contributed by atoms with Gasteiger partial charge in [0.25, 0.3) is 0 Å². The molecule has 7 aromatic rings. The van der Waals surface area contributed by atoms with Crippen LogP contribution in [0.1, 0.15) is 17.5 Å². The van der Waals surface area contributed by atoms with Gasteiger partial charge in [-0.2, -0.15) is 5.01 Å². The highest BCUT2D eigenvalue weighted by molar-refractivity contribution is 7.26. The van der Waals surface area contributed by atoms with E-state index in [0.29, 0.717) is 0 Å². The highest BCUT2D eigenvalue weighted by Crippen LogP contribution is 2.58. The number of fused-ring (bicyclic) bond motifs is 15. The van der Waals surface area contributed by atoms with Gasteiger partial charge in [0.05, 0.1) is 17.8 Å². The van der Waals surface area contributed by atoms with Crippen LogP contribution in [-0.4, -0.2) is 28.4 Å². The molecule has 2 aliphatic carbocycles. The molecule has 5 heteroatoms. The zero-order valence-electron chi connectivity index (χ0n) is 25.3. The maximum Gasteiger partial charge on any atom is 0.193 e. The third-order valence-electron chi connectivity index (χ3n) is 10.9. The average Bonchev–Trinajstić information content (AvgIpc) is 3.46. The highest BCUT2D eigenvalue weighted by Gasteiger charge is 2.62. The number of hydrogen-bond acceptors (Lipinski definition) is 5. The first-order chi connectivity index (χ1) is 23.3. The molecule has 5 aliphatic rings. The van der Waals surface area contributed by atoms with Gasteiger partial charge in [0.1, 0.15) is 11.2 Å². The van der Waals surface area contributed by atoms with Crippen LogP contribution in [0.15, 0.2) is 144 Å². The predicted molar refractivity (Wildman–Crippen MR) is 195 cm³/mol. The lowest BCUT2D eigenvalue weighted by Gasteiger charge is -2.30. The first-order valence-corrected chi connectivity index (χ1v) is 17.3. The van der Waals surface area contributed by atoms with Crippen LogP contribution in [0.25, 0.3) is 64.2 Å². The quantitative estimate of drug-likeness (QED) is 0.179. The molecule has 222 valence electrons. The van der Waals surface area contributed by atoms with Crippen molar-refractivity contribution in [3.05, 3.63) is 150 Å². The van der Waals surface area contributed by atoms with Gasteiger partial charge in [0, 0.05) is 58.7 Å². The minimum absolute atomic E-state index is 0.132. The van der Waals surface area contributed by atoms with Crippen molar-refractivity contribution in [1.29, 1.82) is 0 Å². The van der Waals surface area contributed by atoms with Gasteiger partial charge in [0.2, 0.25) is 0 Å². The standard InChI is InChI=1S/C42H27N3OS/c1-5-16-33-30(12-1)38-26-20-21-27-24-10-3-7-18-36(24)46-40(27)28(26)22-23-35(38)43(33)42-44-34-17-6-2-13-31(34)39(45(42)44)32-15-9-14-29-25-11-4-8-19-37(25)47-41(29)32/h1-15,17-23,33-34,42H,16H2. The lowest BCUT2D eigenvalue weighted by Crippen LogP contribution is -2.39. The SMILES string of the molecule is C1=CCC2C(=C1)c1c(ccc3c1ccc1c4ccccc4oc31)N2C1N2C(c3cccc4c3sc3ccccc34)=C3C=CC=CC3N12. The van der Waals surface area contributed by atoms with E-state index >= 15 is 0 Å². The number of rotatable bonds is 2. The lowest BCUT2D eigenvalue weighted by molar-refractivity contribution is 0.392. The molecular formula is C42H27N3OS. The van der Waals surface area contributed by atoms with E-state index in [1.54, 1.807) is 0 Å². The second-order valence-electron chi connectivity index (χ2n) is 13.1. The Morgan fingerprint density at radius 3 is 2.53 bits per heavy atom. The third-order valence-corrected chi connectivity index (χ3v) is 12.1. The maximum absolute atomic E-state index is 6.51. The second kappa shape index (κ2) is 8.71. The zero-order valence-corrected chi connectivity index (χ0v) is 26.1. The third kappa shape index (κ3) is 3.07. The molecule has 2 aromatic heterocycles. The Hall–Kier alpha value is -5.36. The summed E-state index contributed by atoms with van der Waals surface area (Å²) in [5, 5.41) is 12.7. The van der Waals surface area contributed by atoms with Crippen molar-refractivity contribution >= 4 is 81.2 Å². The van der Waals surface area contributed by atoms with E-state index in [9.17, 15) is 0 Å². The van der Waals surface area contributed by atoms with Crippen molar-refractivity contribution in [2.24, 2.45) is 0 Å². The van der Waals surface area contributed by atoms with Gasteiger partial charge in [-0.25, -0.2) is 0 Å². The molecule has 4 nitrogen and oxygen atoms in total. The normalized spacial score (nSPS) is 23.8. The van der Waals surface area contributed by atoms with Crippen LogP contribution in [0.5, 0.6) is 0 Å². The van der Waals surface area contributed by atoms with E-state index in [1.807, 2.05) is 11.3 Å². The van der Waals surface area contributed by atoms with Crippen LogP contribution in [-0.2, 0) is 0 Å². The fraction of sp³-hybridized carbons (Fsp3) is 0.0952. The Bertz CT molecular complexity index is 2720. The van der Waals surface area contributed by atoms with Crippen molar-refractivity contribution in [3.63, 3.8) is 0 Å². The molecule has 47 heavy (non-hydrogen) atoms. The first kappa shape index (κ1) is 24.8. The fourth-order valence-corrected chi connectivity index (χ4v) is 10.1. The topological polar surface area (TPSA) is 22.4 Å². The summed E-state index contributed by atoms with van der Waals surface area (Å²) in [4.78, 5) is 2.70. The molecule has 0 amide bonds. The van der Waals surface area contributed by atoms with Crippen LogP contribution in [0.3, 0.4) is 0 Å². The van der Waals surface area contributed by atoms with Gasteiger partial charge in [0.15, 0.2) is 6.29 Å². The molecule has 0 saturated carbocycles. The summed E-state index contributed by atoms with van der Waals surface area (Å²) in [6, 6.07) is 33.8. The van der Waals surface area contributed by atoms with E-state index in [0.717, 1.165) is 17.6 Å². The molecule has 12 rings (SSSR count). The molecule has 5 aromatic carbocycles. The Labute approximate surface area is 274 Å². The van der Waals surface area contributed by atoms with E-state index in [4.69, 9.17) is 4.42 Å². The minimum atomic E-state index is 0.132. The largest absolute Gasteiger partial charge is 0.455 e. The van der Waals surface area contributed by atoms with Gasteiger partial charge >= 0.3 is 0 Å². The van der Waals surface area contributed by atoms with Crippen molar-refractivity contribution in [3.8, 4) is 0 Å². The van der Waals surface area contributed by atoms with Crippen molar-refractivity contribution in [2.45, 2.75) is 24.8 Å². The average molecular weight is 622 g/mol. The molecule has 0 bridgehead atoms. The van der Waals surface area contributed by atoms with E-state index in [1.165, 1.54) is 75.4 Å². The number of nitrogens with zero attached hydrogens (tertiary/aromatic N) is 3. The summed E-state index contributed by atoms with van der Waals surface area (Å²) >= 11 is 1.92. The number of hydrazine groups is 1. The molecular weight excluding hydrogens is 595 g/mol. The molecule has 4 atom stereocenters. The van der Waals surface area contributed by atoms with Gasteiger partial charge in [-0.05, 0) is 47.7 Å². The Kier molecular flexibility index (Phi) is 4.60. The summed E-state index contributed by atoms with van der Waals surface area (Å²) in [6.07, 6.45) is 17.2. The number of allylic oxidation sites excluding steroid dienone is 4. The van der Waals surface area contributed by atoms with Gasteiger partial charge < -0.3 is 9.32 Å². The van der Waals surface area contributed by atoms with Crippen LogP contribution < -0.4 is 4.90 Å². The summed E-state index contributed by atoms with van der Waals surface area (Å²) in [7, 11) is 0. The van der Waals surface area contributed by atoms with Gasteiger partial charge in [-0.15, -0.1) is 11.3 Å². The first-order valence-electron chi connectivity index (χ1n) is 16.4. The number of anilines is 1. The molecule has 0 N–H and O–H groups in total. The Morgan fingerprint density at radius 2 is 1.55 bits per heavy atom. The molecule has 4 unspecified atom stereocenters. The number of furan rings is 1. The minimum Gasteiger partial charge on any atom is -0.455 e. The summed E-state index contributed by atoms with van der Waals surface area (Å²) in [5.41, 5.74) is 10.1. The molecule has 3 aliphatic heterocycles. The van der Waals surface area contributed by atoms with Crippen molar-refractivity contribution in [2.75, 3.05) is 4.90 Å². The maximum atomic E-state index is 6.51. The Morgan fingerprint density at radius 1 is 0.723 bits per heavy atom. The van der Waals surface area contributed by atoms with E-state index < -0.39 is 0 Å². The summed E-state index contributed by atoms with van der Waals surface area (Å²) < 4.78 is 9.22. The van der Waals surface area contributed by atoms with Gasteiger partial charge in [-0.3, -0.25) is 5.01 Å². The van der Waals surface area contributed by atoms with Gasteiger partial charge in [-0.1, -0.05) is 103 Å². The number of thiophene rings is 1. The molecule has 1 saturated heterocycles. The number of para-hydroxylation sites is 1. The molecule has 0 spiro atoms. The van der Waals surface area contributed by atoms with Crippen LogP contribution in [0, 0.1) is 0 Å². The summed E-state index contributed by atoms with van der Waals surface area (Å²) in [6.45, 7) is 0. The lowest BCUT2D eigenvalue weighted by atomic mass is 9.92. The number of hydrogen-bond donors (Lipinski definition) is 0. The monoisotopic (exact) mass is 621 g/mol. The summed E-state index contributed by atoms with van der Waals surface area (Å²) in [5.74, 6) is 0. The van der Waals surface area contributed by atoms with E-state index in [2.05, 4.69) is 148 Å². The fourth-order valence-electron chi connectivity index (χ4n) is 8.93.